The molecule has 1 aliphatic heterocycles. The maximum atomic E-state index is 11.2. The molecular weight excluding hydrogens is 270 g/mol. The van der Waals surface area contributed by atoms with Gasteiger partial charge < -0.3 is 15.3 Å². The number of hydrogen-bond acceptors (Lipinski definition) is 4. The number of carboxylic acids is 1. The molecule has 1 aliphatic carbocycles. The van der Waals surface area contributed by atoms with Crippen LogP contribution in [0.1, 0.15) is 35.2 Å². The maximum absolute atomic E-state index is 11.2. The number of hydrogen-bond donors (Lipinski definition) is 3. The van der Waals surface area contributed by atoms with Gasteiger partial charge in [0.25, 0.3) is 0 Å². The van der Waals surface area contributed by atoms with Crippen LogP contribution in [-0.2, 0) is 6.54 Å². The first kappa shape index (κ1) is 14.5. The summed E-state index contributed by atoms with van der Waals surface area (Å²) in [5.74, 6) is -0.899. The fourth-order valence-electron chi connectivity index (χ4n) is 3.64. The highest BCUT2D eigenvalue weighted by Crippen LogP contribution is 2.49. The van der Waals surface area contributed by atoms with E-state index in [2.05, 4.69) is 4.90 Å². The average Bonchev–Trinajstić information content (AvgIpc) is 2.48. The maximum Gasteiger partial charge on any atom is 0.336 e. The van der Waals surface area contributed by atoms with Crippen molar-refractivity contribution in [3.63, 3.8) is 0 Å². The van der Waals surface area contributed by atoms with E-state index in [1.54, 1.807) is 12.1 Å². The van der Waals surface area contributed by atoms with Gasteiger partial charge in [-0.25, -0.2) is 4.79 Å². The van der Waals surface area contributed by atoms with Gasteiger partial charge in [-0.2, -0.15) is 0 Å². The molecule has 0 amide bonds. The normalized spacial score (nSPS) is 28.3. The Kier molecular flexibility index (Phi) is 3.73. The van der Waals surface area contributed by atoms with E-state index in [0.29, 0.717) is 18.5 Å². The van der Waals surface area contributed by atoms with E-state index in [4.69, 9.17) is 0 Å². The summed E-state index contributed by atoms with van der Waals surface area (Å²) in [7, 11) is 0. The van der Waals surface area contributed by atoms with Crippen LogP contribution in [0.25, 0.3) is 0 Å². The minimum atomic E-state index is -0.899. The van der Waals surface area contributed by atoms with Crippen molar-refractivity contribution in [2.75, 3.05) is 13.1 Å². The predicted octanol–water partition coefficient (Wildman–Crippen LogP) is 1.09. The second kappa shape index (κ2) is 5.40. The summed E-state index contributed by atoms with van der Waals surface area (Å²) in [5, 5.41) is 29.1. The van der Waals surface area contributed by atoms with Crippen LogP contribution in [0.5, 0.6) is 0 Å². The third-order valence-corrected chi connectivity index (χ3v) is 5.20. The zero-order valence-corrected chi connectivity index (χ0v) is 11.9. The SMILES string of the molecule is O=C(O)c1ccccc1CN1CCC2(CC1)[C@H](O)C[C@@H]2O. The molecule has 1 saturated carbocycles. The molecule has 0 bridgehead atoms. The molecule has 114 valence electrons. The molecule has 1 spiro atoms. The number of carboxylic acid groups (broad SMARTS) is 1. The average molecular weight is 291 g/mol. The molecule has 2 aliphatic rings. The van der Waals surface area contributed by atoms with Crippen molar-refractivity contribution in [2.24, 2.45) is 5.41 Å². The molecule has 0 unspecified atom stereocenters. The van der Waals surface area contributed by atoms with Crippen LogP contribution in [0.3, 0.4) is 0 Å². The molecule has 2 atom stereocenters. The Morgan fingerprint density at radius 3 is 2.38 bits per heavy atom. The van der Waals surface area contributed by atoms with Crippen molar-refractivity contribution in [1.29, 1.82) is 0 Å². The van der Waals surface area contributed by atoms with Crippen LogP contribution in [0.4, 0.5) is 0 Å². The lowest BCUT2D eigenvalue weighted by Gasteiger charge is -2.55. The quantitative estimate of drug-likeness (QED) is 0.777. The Hall–Kier alpha value is -1.43. The van der Waals surface area contributed by atoms with Gasteiger partial charge in [0.15, 0.2) is 0 Å². The Labute approximate surface area is 123 Å². The molecule has 5 nitrogen and oxygen atoms in total. The van der Waals surface area contributed by atoms with Crippen LogP contribution in [0.15, 0.2) is 24.3 Å². The number of aliphatic hydroxyl groups excluding tert-OH is 2. The summed E-state index contributed by atoms with van der Waals surface area (Å²) in [6.07, 6.45) is 1.25. The van der Waals surface area contributed by atoms with Gasteiger partial charge in [-0.1, -0.05) is 18.2 Å². The third-order valence-electron chi connectivity index (χ3n) is 5.20. The summed E-state index contributed by atoms with van der Waals surface area (Å²) < 4.78 is 0. The standard InChI is InChI=1S/C16H21NO4/c18-13-9-14(19)16(13)5-7-17(8-6-16)10-11-3-1-2-4-12(11)15(20)21/h1-4,13-14,18-19H,5-10H2,(H,20,21)/t13-,14+. The molecule has 0 radical (unpaired) electrons. The molecule has 3 rings (SSSR count). The molecule has 1 aromatic carbocycles. The van der Waals surface area contributed by atoms with E-state index < -0.39 is 5.97 Å². The number of nitrogens with zero attached hydrogens (tertiary/aromatic N) is 1. The van der Waals surface area contributed by atoms with Crippen LogP contribution in [0.2, 0.25) is 0 Å². The number of aliphatic hydroxyl groups is 2. The lowest BCUT2D eigenvalue weighted by atomic mass is 9.58. The molecule has 2 fully saturated rings. The van der Waals surface area contributed by atoms with E-state index >= 15 is 0 Å². The summed E-state index contributed by atoms with van der Waals surface area (Å²) in [4.78, 5) is 13.4. The molecule has 1 saturated heterocycles. The minimum Gasteiger partial charge on any atom is -0.478 e. The fourth-order valence-corrected chi connectivity index (χ4v) is 3.64. The third kappa shape index (κ3) is 2.46. The van der Waals surface area contributed by atoms with Crippen LogP contribution in [-0.4, -0.2) is 51.5 Å². The second-order valence-corrected chi connectivity index (χ2v) is 6.24. The van der Waals surface area contributed by atoms with Crippen LogP contribution < -0.4 is 0 Å². The number of carbonyl (C=O) groups is 1. The number of aromatic carboxylic acids is 1. The molecule has 3 N–H and O–H groups in total. The highest BCUT2D eigenvalue weighted by molar-refractivity contribution is 5.89. The number of rotatable bonds is 3. The van der Waals surface area contributed by atoms with Crippen molar-refractivity contribution in [2.45, 2.75) is 38.0 Å². The van der Waals surface area contributed by atoms with Gasteiger partial charge in [0.1, 0.15) is 0 Å². The Bertz CT molecular complexity index is 527. The smallest absolute Gasteiger partial charge is 0.336 e. The van der Waals surface area contributed by atoms with Gasteiger partial charge >= 0.3 is 5.97 Å². The lowest BCUT2D eigenvalue weighted by molar-refractivity contribution is -0.190. The van der Waals surface area contributed by atoms with Crippen molar-refractivity contribution < 1.29 is 20.1 Å². The molecule has 21 heavy (non-hydrogen) atoms. The van der Waals surface area contributed by atoms with Crippen molar-refractivity contribution in [3.8, 4) is 0 Å². The fraction of sp³-hybridized carbons (Fsp3) is 0.562. The Morgan fingerprint density at radius 2 is 1.81 bits per heavy atom. The van der Waals surface area contributed by atoms with E-state index in [-0.39, 0.29) is 17.6 Å². The van der Waals surface area contributed by atoms with Gasteiger partial charge in [-0.05, 0) is 37.6 Å². The van der Waals surface area contributed by atoms with Gasteiger partial charge in [-0.15, -0.1) is 0 Å². The largest absolute Gasteiger partial charge is 0.478 e. The highest BCUT2D eigenvalue weighted by atomic mass is 16.4. The first-order valence-electron chi connectivity index (χ1n) is 7.42. The molecule has 0 aromatic heterocycles. The summed E-state index contributed by atoms with van der Waals surface area (Å²) >= 11 is 0. The van der Waals surface area contributed by atoms with Crippen molar-refractivity contribution >= 4 is 5.97 Å². The summed E-state index contributed by atoms with van der Waals surface area (Å²) in [6.45, 7) is 2.16. The second-order valence-electron chi connectivity index (χ2n) is 6.24. The van der Waals surface area contributed by atoms with E-state index in [1.165, 1.54) is 0 Å². The summed E-state index contributed by atoms with van der Waals surface area (Å²) in [6, 6.07) is 7.06. The van der Waals surface area contributed by atoms with Gasteiger partial charge in [0, 0.05) is 18.4 Å². The number of benzene rings is 1. The highest BCUT2D eigenvalue weighted by Gasteiger charge is 2.54. The van der Waals surface area contributed by atoms with Crippen molar-refractivity contribution in [3.05, 3.63) is 35.4 Å². The Balaban J connectivity index is 1.65. The van der Waals surface area contributed by atoms with Crippen molar-refractivity contribution in [1.82, 2.24) is 4.90 Å². The first-order chi connectivity index (χ1) is 10.0. The zero-order valence-electron chi connectivity index (χ0n) is 11.9. The summed E-state index contributed by atoms with van der Waals surface area (Å²) in [5.41, 5.74) is 0.847. The minimum absolute atomic E-state index is 0.317. The van der Waals surface area contributed by atoms with E-state index in [1.807, 2.05) is 12.1 Å². The van der Waals surface area contributed by atoms with Gasteiger partial charge in [-0.3, -0.25) is 4.90 Å². The number of piperidine rings is 1. The number of likely N-dealkylation sites (tertiary alicyclic amines) is 1. The van der Waals surface area contributed by atoms with Crippen LogP contribution in [0, 0.1) is 5.41 Å². The first-order valence-corrected chi connectivity index (χ1v) is 7.42. The molecular formula is C16H21NO4. The molecule has 5 heteroatoms. The zero-order chi connectivity index (χ0) is 15.0. The lowest BCUT2D eigenvalue weighted by Crippen LogP contribution is -2.61. The van der Waals surface area contributed by atoms with E-state index in [9.17, 15) is 20.1 Å². The Morgan fingerprint density at radius 1 is 1.19 bits per heavy atom. The molecule has 1 aromatic rings. The topological polar surface area (TPSA) is 81.0 Å². The monoisotopic (exact) mass is 291 g/mol. The van der Waals surface area contributed by atoms with Gasteiger partial charge in [0.2, 0.25) is 0 Å². The predicted molar refractivity (Wildman–Crippen MR) is 77.0 cm³/mol. The van der Waals surface area contributed by atoms with E-state index in [0.717, 1.165) is 31.5 Å². The van der Waals surface area contributed by atoms with Gasteiger partial charge in [0.05, 0.1) is 17.8 Å². The van der Waals surface area contributed by atoms with Crippen LogP contribution >= 0.6 is 0 Å². The molecule has 1 heterocycles.